The molecule has 0 saturated heterocycles. The van der Waals surface area contributed by atoms with Crippen molar-refractivity contribution in [1.29, 1.82) is 0 Å². The van der Waals surface area contributed by atoms with Crippen LogP contribution in [0.2, 0.25) is 0 Å². The van der Waals surface area contributed by atoms with Gasteiger partial charge in [0.15, 0.2) is 33.5 Å². The zero-order chi connectivity index (χ0) is 72.7. The summed E-state index contributed by atoms with van der Waals surface area (Å²) in [6.45, 7) is 12.9. The molecule has 17 N–H and O–H groups in total. The molecule has 0 radical (unpaired) electrons. The molecule has 3 atom stereocenters. The second-order valence-electron chi connectivity index (χ2n) is 24.1. The Morgan fingerprint density at radius 3 is 1.16 bits per heavy atom. The fourth-order valence-electron chi connectivity index (χ4n) is 9.62. The molecule has 0 aliphatic carbocycles. The molecule has 34 nitrogen and oxygen atoms in total. The van der Waals surface area contributed by atoms with Crippen molar-refractivity contribution < 1.29 is 54.0 Å². The van der Waals surface area contributed by atoms with Gasteiger partial charge in [-0.05, 0) is 110 Å². The van der Waals surface area contributed by atoms with Crippen molar-refractivity contribution in [3.63, 3.8) is 0 Å². The highest BCUT2D eigenvalue weighted by atomic mass is 16.4. The van der Waals surface area contributed by atoms with Gasteiger partial charge in [-0.3, -0.25) is 48.3 Å². The second kappa shape index (κ2) is 36.8. The zero-order valence-corrected chi connectivity index (χ0v) is 55.5. The Bertz CT molecular complexity index is 4570. The Labute approximate surface area is 576 Å². The number of hydrogen-bond acceptors (Lipinski definition) is 24. The molecule has 3 aromatic carbocycles. The van der Waals surface area contributed by atoms with Crippen molar-refractivity contribution in [1.82, 2.24) is 75.8 Å². The quantitative estimate of drug-likeness (QED) is 0.0247. The van der Waals surface area contributed by atoms with Crippen LogP contribution in [0.4, 0.5) is 29.0 Å². The van der Waals surface area contributed by atoms with Gasteiger partial charge >= 0.3 is 23.9 Å². The van der Waals surface area contributed by atoms with Crippen LogP contribution < -0.4 is 60.0 Å². The molecule has 6 heterocycles. The topological polar surface area (TPSA) is 539 Å². The first kappa shape index (κ1) is 77.6. The number of nitrogens with zero attached hydrogens (tertiary/aromatic N) is 9. The number of anilines is 5. The van der Waals surface area contributed by atoms with Gasteiger partial charge in [0, 0.05) is 58.6 Å². The van der Waals surface area contributed by atoms with E-state index in [4.69, 9.17) is 21.7 Å². The number of aromatic amines is 3. The number of carbonyl (C=O) groups excluding carboxylic acids is 3. The van der Waals surface area contributed by atoms with E-state index in [-0.39, 0.29) is 114 Å². The molecule has 101 heavy (non-hydrogen) atoms. The average Bonchev–Trinajstić information content (AvgIpc) is 0.816. The monoisotopic (exact) mass is 1390 g/mol. The lowest BCUT2D eigenvalue weighted by Gasteiger charge is -2.20. The maximum Gasteiger partial charge on any atom is 0.326 e. The second-order valence-corrected chi connectivity index (χ2v) is 24.1. The summed E-state index contributed by atoms with van der Waals surface area (Å²) in [5.74, 6) is -4.34. The van der Waals surface area contributed by atoms with E-state index in [9.17, 15) is 58.2 Å². The fourth-order valence-corrected chi connectivity index (χ4v) is 9.62. The van der Waals surface area contributed by atoms with Crippen molar-refractivity contribution in [2.45, 2.75) is 144 Å². The molecule has 3 unspecified atom stereocenters. The Balaban J connectivity index is 0.000000237. The maximum absolute atomic E-state index is 12.6. The molecule has 9 rings (SSSR count). The van der Waals surface area contributed by atoms with Crippen molar-refractivity contribution >= 4 is 104 Å². The highest BCUT2D eigenvalue weighted by Gasteiger charge is 2.24. The molecule has 9 aromatic rings. The van der Waals surface area contributed by atoms with Crippen LogP contribution in [0.1, 0.15) is 160 Å². The predicted molar refractivity (Wildman–Crippen MR) is 376 cm³/mol. The van der Waals surface area contributed by atoms with Gasteiger partial charge in [0.25, 0.3) is 34.4 Å². The van der Waals surface area contributed by atoms with Crippen molar-refractivity contribution in [2.24, 2.45) is 11.8 Å². The number of nitrogen functional groups attached to an aromatic ring is 2. The standard InChI is InChI=1S/2C22H27N7O4.C22H24N6O6.CH4/c1-12(2)9-15(7-8-17(30)31)27-20(32)13-3-5-14(6-4-13)24-10-16-11-25-19-18(26-16)21(33)29-22(23)28-19;1-12(2)4-3-5-16(21(32)33)27-19(30)13-6-8-14(9-7-13)24-10-15-11-25-18-17(26-15)20(31)29-22(23)28-18;1-11(2)18-27-19-17(21(32)28-18)25-14(10-24-19)9-23-13-5-3-12(4-6-13)20(31)26-15(22(33)34)7-8-16(29)30;/h3-6,11-12,15,24H,7-10H2,1-2H3,(H,27,32)(H,30,31)(H3,23,25,28,29,33);6-9,11-12,16,24H,3-5,10H2,1-2H3,(H,27,30)(H,32,33)(H3,23,25,28,29,31);3-6,10-11,15,23H,7-9H2,1-2H3,(H,26,31)(H,29,30)(H,33,34)(H,24,27,28,32);1H4. The summed E-state index contributed by atoms with van der Waals surface area (Å²) < 4.78 is 0. The number of carbonyl (C=O) groups is 7. The number of carboxylic acid groups (broad SMARTS) is 4. The lowest BCUT2D eigenvalue weighted by atomic mass is 9.99. The lowest BCUT2D eigenvalue weighted by molar-refractivity contribution is -0.141. The van der Waals surface area contributed by atoms with Gasteiger partial charge in [0.1, 0.15) is 17.9 Å². The number of H-pyrrole nitrogens is 3. The number of hydrogen-bond donors (Lipinski definition) is 15. The first-order valence-electron chi connectivity index (χ1n) is 31.7. The molecule has 3 amide bonds. The third kappa shape index (κ3) is 24.0. The van der Waals surface area contributed by atoms with Crippen LogP contribution in [-0.4, -0.2) is 140 Å². The Kier molecular flexibility index (Phi) is 28.3. The minimum atomic E-state index is -1.31. The number of amides is 3. The van der Waals surface area contributed by atoms with Crippen molar-refractivity contribution in [3.8, 4) is 0 Å². The van der Waals surface area contributed by atoms with Gasteiger partial charge in [0.05, 0.1) is 55.3 Å². The highest BCUT2D eigenvalue weighted by molar-refractivity contribution is 5.98. The van der Waals surface area contributed by atoms with Crippen LogP contribution in [0.25, 0.3) is 33.5 Å². The zero-order valence-electron chi connectivity index (χ0n) is 55.5. The molecule has 0 bridgehead atoms. The van der Waals surface area contributed by atoms with Gasteiger partial charge < -0.3 is 68.8 Å². The van der Waals surface area contributed by atoms with E-state index in [0.717, 1.165) is 18.5 Å². The van der Waals surface area contributed by atoms with Crippen LogP contribution in [-0.2, 0) is 38.8 Å². The lowest BCUT2D eigenvalue weighted by Crippen LogP contribution is -2.41. The number of fused-ring (bicyclic) bond motifs is 3. The summed E-state index contributed by atoms with van der Waals surface area (Å²) in [4.78, 5) is 163. The van der Waals surface area contributed by atoms with E-state index in [1.165, 1.54) is 30.7 Å². The summed E-state index contributed by atoms with van der Waals surface area (Å²) in [6.07, 6.45) is 7.04. The first-order chi connectivity index (χ1) is 47.6. The third-order valence-electron chi connectivity index (χ3n) is 14.8. The van der Waals surface area contributed by atoms with Crippen molar-refractivity contribution in [3.05, 3.63) is 162 Å². The van der Waals surface area contributed by atoms with Gasteiger partial charge in [-0.1, -0.05) is 61.8 Å². The summed E-state index contributed by atoms with van der Waals surface area (Å²) in [7, 11) is 0. The number of carboxylic acids is 4. The van der Waals surface area contributed by atoms with Crippen LogP contribution in [0.5, 0.6) is 0 Å². The van der Waals surface area contributed by atoms with E-state index in [1.807, 2.05) is 27.7 Å². The summed E-state index contributed by atoms with van der Waals surface area (Å²) in [5.41, 5.74) is 15.4. The molecule has 0 fully saturated rings. The van der Waals surface area contributed by atoms with Crippen molar-refractivity contribution in [2.75, 3.05) is 27.4 Å². The largest absolute Gasteiger partial charge is 0.481 e. The fraction of sp³-hybridized carbons (Fsp3) is 0.358. The molecule has 34 heteroatoms. The van der Waals surface area contributed by atoms with Gasteiger partial charge in [-0.15, -0.1) is 0 Å². The number of rotatable bonds is 30. The molecule has 0 aliphatic rings. The average molecular weight is 1390 g/mol. The predicted octanol–water partition coefficient (Wildman–Crippen LogP) is 5.97. The van der Waals surface area contributed by atoms with Crippen LogP contribution >= 0.6 is 0 Å². The Morgan fingerprint density at radius 2 is 0.802 bits per heavy atom. The molecule has 0 saturated carbocycles. The normalized spacial score (nSPS) is 11.8. The number of nitrogens with one attached hydrogen (secondary N) is 9. The van der Waals surface area contributed by atoms with Gasteiger partial charge in [-0.25, -0.2) is 44.5 Å². The van der Waals surface area contributed by atoms with Gasteiger partial charge in [-0.2, -0.15) is 9.97 Å². The van der Waals surface area contributed by atoms with Crippen LogP contribution in [0.15, 0.2) is 106 Å². The van der Waals surface area contributed by atoms with E-state index in [2.05, 4.69) is 106 Å². The molecule has 0 spiro atoms. The first-order valence-corrected chi connectivity index (χ1v) is 31.7. The minimum Gasteiger partial charge on any atom is -0.481 e. The Hall–Kier alpha value is -12.4. The maximum atomic E-state index is 12.6. The van der Waals surface area contributed by atoms with Crippen LogP contribution in [0.3, 0.4) is 0 Å². The van der Waals surface area contributed by atoms with Crippen LogP contribution in [0, 0.1) is 11.8 Å². The van der Waals surface area contributed by atoms with E-state index >= 15 is 0 Å². The van der Waals surface area contributed by atoms with E-state index in [0.29, 0.717) is 83.1 Å². The third-order valence-corrected chi connectivity index (χ3v) is 14.8. The van der Waals surface area contributed by atoms with Gasteiger partial charge in [0.2, 0.25) is 11.9 Å². The smallest absolute Gasteiger partial charge is 0.326 e. The summed E-state index contributed by atoms with van der Waals surface area (Å²) in [5, 5.41) is 53.5. The minimum absolute atomic E-state index is 0. The number of aromatic nitrogens is 12. The number of nitrogens with two attached hydrogens (primary N) is 2. The van der Waals surface area contributed by atoms with E-state index < -0.39 is 58.9 Å². The molecule has 0 aliphatic heterocycles. The summed E-state index contributed by atoms with van der Waals surface area (Å²) >= 11 is 0. The molecular weight excluding hydrogens is 1310 g/mol. The molecule has 534 valence electrons. The summed E-state index contributed by atoms with van der Waals surface area (Å²) in [6, 6.07) is 17.3. The molecular formula is C67H82N20O14. The number of benzene rings is 3. The molecule has 6 aromatic heterocycles. The number of aliphatic carboxylic acids is 4. The Morgan fingerprint density at radius 1 is 0.446 bits per heavy atom. The van der Waals surface area contributed by atoms with E-state index in [1.54, 1.807) is 60.7 Å². The SMILES string of the molecule is C.CC(C)CC(CCC(=O)O)NC(=O)c1ccc(NCc2cnc3nc(N)[nH]c(=O)c3n2)cc1.CC(C)CCCC(NC(=O)c1ccc(NCc2cnc3nc(N)[nH]c(=O)c3n2)cc1)C(=O)O.CC(C)c1nc2ncc(CNc3ccc(C(=O)NC(CCC(=O)O)C(=O)O)cc3)nc2c(=O)[nH]1. The highest BCUT2D eigenvalue weighted by Crippen LogP contribution is 2.19.